The van der Waals surface area contributed by atoms with E-state index in [1.165, 1.54) is 7.05 Å². The Bertz CT molecular complexity index is 448. The van der Waals surface area contributed by atoms with Crippen LogP contribution >= 0.6 is 23.2 Å². The molecule has 1 rings (SSSR count). The van der Waals surface area contributed by atoms with E-state index in [4.69, 9.17) is 28.3 Å². The van der Waals surface area contributed by atoms with Crippen molar-refractivity contribution in [2.24, 2.45) is 0 Å². The number of likely N-dealkylation sites (N-methyl/N-ethyl adjacent to an activating group) is 1. The van der Waals surface area contributed by atoms with Crippen molar-refractivity contribution >= 4 is 35.1 Å². The van der Waals surface area contributed by atoms with Crippen molar-refractivity contribution in [2.45, 2.75) is 6.42 Å². The van der Waals surface area contributed by atoms with E-state index in [1.54, 1.807) is 18.2 Å². The number of hydrogen-bond donors (Lipinski definition) is 1. The highest BCUT2D eigenvalue weighted by atomic mass is 35.5. The lowest BCUT2D eigenvalue weighted by molar-refractivity contribution is -0.155. The minimum atomic E-state index is -1.46. The Hall–Kier alpha value is -1.26. The van der Waals surface area contributed by atoms with Gasteiger partial charge in [0, 0.05) is 23.6 Å². The number of carboxylic acids is 1. The summed E-state index contributed by atoms with van der Waals surface area (Å²) in [5, 5.41) is 9.55. The van der Waals surface area contributed by atoms with Gasteiger partial charge >= 0.3 is 11.9 Å². The number of halogens is 2. The predicted octanol–water partition coefficient (Wildman–Crippen LogP) is 2.08. The number of carbonyl (C=O) groups is 2. The lowest BCUT2D eigenvalue weighted by Crippen LogP contribution is -2.34. The third-order valence-electron chi connectivity index (χ3n) is 2.26. The number of benzene rings is 1. The van der Waals surface area contributed by atoms with E-state index in [0.717, 1.165) is 10.5 Å². The largest absolute Gasteiger partial charge is 0.474 e. The van der Waals surface area contributed by atoms with Crippen LogP contribution in [0.2, 0.25) is 10.0 Å². The van der Waals surface area contributed by atoms with E-state index in [1.807, 2.05) is 0 Å². The monoisotopic (exact) mass is 275 g/mol. The van der Waals surface area contributed by atoms with Crippen molar-refractivity contribution in [3.8, 4) is 0 Å². The molecule has 17 heavy (non-hydrogen) atoms. The van der Waals surface area contributed by atoms with Gasteiger partial charge in [0.1, 0.15) is 0 Å². The molecule has 0 heterocycles. The molecule has 0 aromatic heterocycles. The zero-order valence-electron chi connectivity index (χ0n) is 9.11. The second kappa shape index (κ2) is 5.89. The fraction of sp³-hybridized carbons (Fsp3) is 0.273. The average molecular weight is 276 g/mol. The summed E-state index contributed by atoms with van der Waals surface area (Å²) >= 11 is 11.7. The van der Waals surface area contributed by atoms with E-state index in [-0.39, 0.29) is 6.54 Å². The third kappa shape index (κ3) is 3.91. The van der Waals surface area contributed by atoms with Crippen molar-refractivity contribution < 1.29 is 14.7 Å². The quantitative estimate of drug-likeness (QED) is 0.860. The van der Waals surface area contributed by atoms with Gasteiger partial charge in [0.15, 0.2) is 0 Å². The van der Waals surface area contributed by atoms with Gasteiger partial charge in [0.25, 0.3) is 0 Å². The Morgan fingerprint density at radius 1 is 1.35 bits per heavy atom. The Kier molecular flexibility index (Phi) is 4.78. The Morgan fingerprint density at radius 2 is 2.00 bits per heavy atom. The highest BCUT2D eigenvalue weighted by Crippen LogP contribution is 2.21. The molecule has 0 saturated heterocycles. The molecule has 0 fully saturated rings. The molecule has 0 aliphatic heterocycles. The van der Waals surface area contributed by atoms with Gasteiger partial charge in [-0.2, -0.15) is 0 Å². The number of amides is 1. The molecule has 1 aromatic carbocycles. The molecule has 4 nitrogen and oxygen atoms in total. The van der Waals surface area contributed by atoms with Gasteiger partial charge < -0.3 is 10.0 Å². The van der Waals surface area contributed by atoms with Gasteiger partial charge in [0.05, 0.1) is 0 Å². The Balaban J connectivity index is 2.62. The first-order chi connectivity index (χ1) is 7.91. The highest BCUT2D eigenvalue weighted by Gasteiger charge is 2.16. The number of carboxylic acid groups (broad SMARTS) is 1. The zero-order valence-corrected chi connectivity index (χ0v) is 10.6. The van der Waals surface area contributed by atoms with Gasteiger partial charge in [-0.1, -0.05) is 29.3 Å². The number of rotatable bonds is 3. The molecule has 0 aliphatic carbocycles. The van der Waals surface area contributed by atoms with Gasteiger partial charge in [-0.15, -0.1) is 0 Å². The van der Waals surface area contributed by atoms with Crippen LogP contribution in [0.5, 0.6) is 0 Å². The summed E-state index contributed by atoms with van der Waals surface area (Å²) < 4.78 is 0. The number of hydrogen-bond acceptors (Lipinski definition) is 2. The molecular weight excluding hydrogens is 265 g/mol. The maximum atomic E-state index is 11.1. The highest BCUT2D eigenvalue weighted by molar-refractivity contribution is 6.35. The normalized spacial score (nSPS) is 10.1. The lowest BCUT2D eigenvalue weighted by atomic mass is 10.1. The lowest BCUT2D eigenvalue weighted by Gasteiger charge is -2.14. The number of nitrogens with zero attached hydrogens (tertiary/aromatic N) is 1. The number of carbonyl (C=O) groups excluding carboxylic acids is 1. The van der Waals surface area contributed by atoms with Crippen LogP contribution in [-0.2, 0) is 16.0 Å². The molecule has 0 unspecified atom stereocenters. The maximum absolute atomic E-state index is 11.1. The van der Waals surface area contributed by atoms with Gasteiger partial charge in [-0.3, -0.25) is 4.79 Å². The molecule has 1 aromatic rings. The van der Waals surface area contributed by atoms with Crippen molar-refractivity contribution in [2.75, 3.05) is 13.6 Å². The molecule has 6 heteroatoms. The first kappa shape index (κ1) is 13.8. The van der Waals surface area contributed by atoms with Crippen molar-refractivity contribution in [3.63, 3.8) is 0 Å². The standard InChI is InChI=1S/C11H11Cl2NO3/c1-14(10(15)11(16)17)5-4-7-2-3-8(12)6-9(7)13/h2-3,6H,4-5H2,1H3,(H,16,17). The van der Waals surface area contributed by atoms with Crippen LogP contribution in [0.4, 0.5) is 0 Å². The first-order valence-electron chi connectivity index (χ1n) is 4.84. The molecular formula is C11H11Cl2NO3. The minimum Gasteiger partial charge on any atom is -0.474 e. The van der Waals surface area contributed by atoms with Gasteiger partial charge in [0.2, 0.25) is 0 Å². The summed E-state index contributed by atoms with van der Waals surface area (Å²) in [7, 11) is 1.43. The summed E-state index contributed by atoms with van der Waals surface area (Å²) in [5.74, 6) is -2.40. The number of aliphatic carboxylic acids is 1. The fourth-order valence-corrected chi connectivity index (χ4v) is 1.78. The zero-order chi connectivity index (χ0) is 13.0. The molecule has 0 saturated carbocycles. The summed E-state index contributed by atoms with van der Waals surface area (Å²) in [4.78, 5) is 22.6. The Labute approximate surface area is 109 Å². The van der Waals surface area contributed by atoms with Crippen LogP contribution in [0.15, 0.2) is 18.2 Å². The van der Waals surface area contributed by atoms with Crippen LogP contribution in [0.1, 0.15) is 5.56 Å². The summed E-state index contributed by atoms with van der Waals surface area (Å²) in [6, 6.07) is 5.06. The third-order valence-corrected chi connectivity index (χ3v) is 2.85. The van der Waals surface area contributed by atoms with Gasteiger partial charge in [-0.25, -0.2) is 4.79 Å². The van der Waals surface area contributed by atoms with E-state index in [9.17, 15) is 9.59 Å². The fourth-order valence-electron chi connectivity index (χ4n) is 1.28. The smallest absolute Gasteiger partial charge is 0.394 e. The molecule has 0 bridgehead atoms. The summed E-state index contributed by atoms with van der Waals surface area (Å²) in [6.07, 6.45) is 0.478. The molecule has 1 amide bonds. The first-order valence-corrected chi connectivity index (χ1v) is 5.59. The van der Waals surface area contributed by atoms with Crippen LogP contribution < -0.4 is 0 Å². The molecule has 1 N–H and O–H groups in total. The van der Waals surface area contributed by atoms with Crippen LogP contribution in [0.25, 0.3) is 0 Å². The van der Waals surface area contributed by atoms with Crippen LogP contribution in [0, 0.1) is 0 Å². The minimum absolute atomic E-state index is 0.284. The predicted molar refractivity (Wildman–Crippen MR) is 65.4 cm³/mol. The topological polar surface area (TPSA) is 57.6 Å². The SMILES string of the molecule is CN(CCc1ccc(Cl)cc1Cl)C(=O)C(=O)O. The summed E-state index contributed by atoms with van der Waals surface area (Å²) in [6.45, 7) is 0.284. The molecule has 0 spiro atoms. The molecule has 0 atom stereocenters. The van der Waals surface area contributed by atoms with E-state index in [2.05, 4.69) is 0 Å². The van der Waals surface area contributed by atoms with Crippen molar-refractivity contribution in [1.29, 1.82) is 0 Å². The van der Waals surface area contributed by atoms with E-state index >= 15 is 0 Å². The molecule has 0 radical (unpaired) electrons. The molecule has 92 valence electrons. The molecule has 0 aliphatic rings. The van der Waals surface area contributed by atoms with Crippen molar-refractivity contribution in [1.82, 2.24) is 4.90 Å². The van der Waals surface area contributed by atoms with Gasteiger partial charge in [-0.05, 0) is 24.1 Å². The Morgan fingerprint density at radius 3 is 2.53 bits per heavy atom. The van der Waals surface area contributed by atoms with Crippen LogP contribution in [-0.4, -0.2) is 35.5 Å². The second-order valence-electron chi connectivity index (χ2n) is 3.52. The second-order valence-corrected chi connectivity index (χ2v) is 4.36. The average Bonchev–Trinajstić information content (AvgIpc) is 2.26. The van der Waals surface area contributed by atoms with Crippen LogP contribution in [0.3, 0.4) is 0 Å². The summed E-state index contributed by atoms with van der Waals surface area (Å²) in [5.41, 5.74) is 0.820. The van der Waals surface area contributed by atoms with Crippen molar-refractivity contribution in [3.05, 3.63) is 33.8 Å². The van der Waals surface area contributed by atoms with E-state index in [0.29, 0.717) is 16.5 Å². The maximum Gasteiger partial charge on any atom is 0.394 e. The van der Waals surface area contributed by atoms with E-state index < -0.39 is 11.9 Å².